The van der Waals surface area contributed by atoms with Crippen molar-refractivity contribution in [3.63, 3.8) is 0 Å². The second kappa shape index (κ2) is 5.87. The molecule has 0 aromatic heterocycles. The van der Waals surface area contributed by atoms with Crippen LogP contribution < -0.4 is 5.32 Å². The van der Waals surface area contributed by atoms with Crippen LogP contribution in [0.3, 0.4) is 0 Å². The first-order valence-electron chi connectivity index (χ1n) is 6.30. The Morgan fingerprint density at radius 1 is 1.35 bits per heavy atom. The molecular weight excluding hydrogens is 233 g/mol. The van der Waals surface area contributed by atoms with E-state index in [1.54, 1.807) is 0 Å². The summed E-state index contributed by atoms with van der Waals surface area (Å²) in [6.45, 7) is 4.44. The third kappa shape index (κ3) is 3.46. The van der Waals surface area contributed by atoms with E-state index in [0.29, 0.717) is 17.3 Å². The van der Waals surface area contributed by atoms with Crippen molar-refractivity contribution in [1.29, 1.82) is 0 Å². The molecule has 0 spiro atoms. The number of nitrogens with one attached hydrogen (secondary N) is 1. The van der Waals surface area contributed by atoms with E-state index in [4.69, 9.17) is 0 Å². The molecular formula is C14H20FNS. The van der Waals surface area contributed by atoms with E-state index in [-0.39, 0.29) is 5.82 Å². The summed E-state index contributed by atoms with van der Waals surface area (Å²) in [4.78, 5) is 0. The fourth-order valence-corrected chi connectivity index (χ4v) is 3.46. The Labute approximate surface area is 107 Å². The molecule has 1 nitrogen and oxygen atoms in total. The lowest BCUT2D eigenvalue weighted by Gasteiger charge is -2.32. The highest BCUT2D eigenvalue weighted by Gasteiger charge is 2.23. The van der Waals surface area contributed by atoms with Crippen molar-refractivity contribution < 1.29 is 4.39 Å². The summed E-state index contributed by atoms with van der Waals surface area (Å²) in [5.41, 5.74) is 1.16. The van der Waals surface area contributed by atoms with Gasteiger partial charge in [-0.2, -0.15) is 11.8 Å². The van der Waals surface area contributed by atoms with Crippen LogP contribution in [-0.2, 0) is 0 Å². The van der Waals surface area contributed by atoms with Gasteiger partial charge in [0.25, 0.3) is 0 Å². The van der Waals surface area contributed by atoms with Crippen LogP contribution in [0.1, 0.15) is 38.3 Å². The van der Waals surface area contributed by atoms with E-state index in [1.807, 2.05) is 23.9 Å². The Kier molecular flexibility index (Phi) is 4.46. The molecule has 3 heteroatoms. The Hall–Kier alpha value is -0.540. The Morgan fingerprint density at radius 2 is 2.06 bits per heavy atom. The second-order valence-electron chi connectivity index (χ2n) is 4.76. The molecule has 0 aliphatic carbocycles. The molecule has 17 heavy (non-hydrogen) atoms. The van der Waals surface area contributed by atoms with Crippen molar-refractivity contribution in [1.82, 2.24) is 5.32 Å². The minimum Gasteiger partial charge on any atom is -0.306 e. The number of hydrogen-bond acceptors (Lipinski definition) is 2. The average Bonchev–Trinajstić information content (AvgIpc) is 2.33. The van der Waals surface area contributed by atoms with Crippen molar-refractivity contribution in [2.24, 2.45) is 0 Å². The van der Waals surface area contributed by atoms with Crippen molar-refractivity contribution in [3.8, 4) is 0 Å². The van der Waals surface area contributed by atoms with Crippen LogP contribution in [0.25, 0.3) is 0 Å². The van der Waals surface area contributed by atoms with Crippen LogP contribution in [0, 0.1) is 5.82 Å². The number of halogens is 1. The number of rotatable bonds is 3. The van der Waals surface area contributed by atoms with Gasteiger partial charge in [-0.05, 0) is 43.2 Å². The largest absolute Gasteiger partial charge is 0.306 e. The van der Waals surface area contributed by atoms with E-state index < -0.39 is 0 Å². The van der Waals surface area contributed by atoms with Crippen molar-refractivity contribution in [2.75, 3.05) is 5.75 Å². The lowest BCUT2D eigenvalue weighted by Crippen LogP contribution is -2.40. The topological polar surface area (TPSA) is 12.0 Å². The zero-order valence-corrected chi connectivity index (χ0v) is 11.3. The molecule has 1 aromatic rings. The number of hydrogen-bond donors (Lipinski definition) is 1. The van der Waals surface area contributed by atoms with Crippen molar-refractivity contribution in [3.05, 3.63) is 35.6 Å². The fourth-order valence-electron chi connectivity index (χ4n) is 2.31. The van der Waals surface area contributed by atoms with E-state index >= 15 is 0 Å². The summed E-state index contributed by atoms with van der Waals surface area (Å²) in [5.74, 6) is 1.12. The minimum atomic E-state index is -0.164. The molecule has 2 rings (SSSR count). The monoisotopic (exact) mass is 253 g/mol. The first kappa shape index (κ1) is 12.9. The minimum absolute atomic E-state index is 0.164. The van der Waals surface area contributed by atoms with Gasteiger partial charge in [-0.25, -0.2) is 4.39 Å². The van der Waals surface area contributed by atoms with Crippen LogP contribution in [0.4, 0.5) is 4.39 Å². The predicted molar refractivity (Wildman–Crippen MR) is 72.9 cm³/mol. The molecule has 1 saturated heterocycles. The van der Waals surface area contributed by atoms with E-state index in [9.17, 15) is 4.39 Å². The first-order valence-corrected chi connectivity index (χ1v) is 7.35. The maximum absolute atomic E-state index is 12.8. The zero-order chi connectivity index (χ0) is 12.3. The Bertz CT molecular complexity index is 352. The standard InChI is InChI=1S/C14H20FNS/c1-10(12-5-7-13(15)8-6-12)16-14-4-3-9-17-11(14)2/h5-8,10-11,14,16H,3-4,9H2,1-2H3/t10-,11?,14?/m0/s1. The molecule has 0 bridgehead atoms. The summed E-state index contributed by atoms with van der Waals surface area (Å²) >= 11 is 2.04. The highest BCUT2D eigenvalue weighted by molar-refractivity contribution is 7.99. The van der Waals surface area contributed by atoms with E-state index in [2.05, 4.69) is 19.2 Å². The average molecular weight is 253 g/mol. The van der Waals surface area contributed by atoms with Gasteiger partial charge in [0.1, 0.15) is 5.82 Å². The molecule has 1 aliphatic heterocycles. The highest BCUT2D eigenvalue weighted by atomic mass is 32.2. The molecule has 0 radical (unpaired) electrons. The number of thioether (sulfide) groups is 1. The van der Waals surface area contributed by atoms with Gasteiger partial charge in [-0.15, -0.1) is 0 Å². The predicted octanol–water partition coefficient (Wildman–Crippen LogP) is 3.76. The Morgan fingerprint density at radius 3 is 2.71 bits per heavy atom. The lowest BCUT2D eigenvalue weighted by atomic mass is 10.0. The summed E-state index contributed by atoms with van der Waals surface area (Å²) in [7, 11) is 0. The van der Waals surface area contributed by atoms with Gasteiger partial charge in [-0.3, -0.25) is 0 Å². The zero-order valence-electron chi connectivity index (χ0n) is 10.4. The Balaban J connectivity index is 1.95. The summed E-state index contributed by atoms with van der Waals surface area (Å²) < 4.78 is 12.8. The van der Waals surface area contributed by atoms with Crippen molar-refractivity contribution >= 4 is 11.8 Å². The van der Waals surface area contributed by atoms with E-state index in [0.717, 1.165) is 5.56 Å². The maximum atomic E-state index is 12.8. The second-order valence-corrected chi connectivity index (χ2v) is 6.25. The lowest BCUT2D eigenvalue weighted by molar-refractivity contribution is 0.417. The summed E-state index contributed by atoms with van der Waals surface area (Å²) in [6, 6.07) is 7.68. The van der Waals surface area contributed by atoms with Crippen molar-refractivity contribution in [2.45, 2.75) is 44.0 Å². The molecule has 1 N–H and O–H groups in total. The van der Waals surface area contributed by atoms with Gasteiger partial charge in [0.2, 0.25) is 0 Å². The van der Waals surface area contributed by atoms with Crippen LogP contribution in [-0.4, -0.2) is 17.0 Å². The molecule has 1 aliphatic rings. The summed E-state index contributed by atoms with van der Waals surface area (Å²) in [5, 5.41) is 4.33. The van der Waals surface area contributed by atoms with Crippen LogP contribution in [0.2, 0.25) is 0 Å². The summed E-state index contributed by atoms with van der Waals surface area (Å²) in [6.07, 6.45) is 2.54. The van der Waals surface area contributed by atoms with Crippen LogP contribution in [0.15, 0.2) is 24.3 Å². The maximum Gasteiger partial charge on any atom is 0.123 e. The molecule has 3 atom stereocenters. The van der Waals surface area contributed by atoms with E-state index in [1.165, 1.54) is 30.7 Å². The molecule has 1 fully saturated rings. The highest BCUT2D eigenvalue weighted by Crippen LogP contribution is 2.27. The van der Waals surface area contributed by atoms with Gasteiger partial charge in [0.15, 0.2) is 0 Å². The van der Waals surface area contributed by atoms with Gasteiger partial charge < -0.3 is 5.32 Å². The third-order valence-corrected chi connectivity index (χ3v) is 4.82. The third-order valence-electron chi connectivity index (χ3n) is 3.44. The van der Waals surface area contributed by atoms with Crippen LogP contribution in [0.5, 0.6) is 0 Å². The fraction of sp³-hybridized carbons (Fsp3) is 0.571. The molecule has 2 unspecified atom stereocenters. The molecule has 1 aromatic carbocycles. The molecule has 94 valence electrons. The van der Waals surface area contributed by atoms with Gasteiger partial charge in [-0.1, -0.05) is 19.1 Å². The number of benzene rings is 1. The van der Waals surface area contributed by atoms with Gasteiger partial charge in [0.05, 0.1) is 0 Å². The quantitative estimate of drug-likeness (QED) is 0.880. The molecule has 0 saturated carbocycles. The van der Waals surface area contributed by atoms with Gasteiger partial charge >= 0.3 is 0 Å². The van der Waals surface area contributed by atoms with Crippen LogP contribution >= 0.6 is 11.8 Å². The van der Waals surface area contributed by atoms with Gasteiger partial charge in [0, 0.05) is 17.3 Å². The molecule has 0 amide bonds. The normalized spacial score (nSPS) is 26.8. The first-order chi connectivity index (χ1) is 8.16. The molecule has 1 heterocycles. The SMILES string of the molecule is CC1SCCCC1N[C@@H](C)c1ccc(F)cc1. The smallest absolute Gasteiger partial charge is 0.123 e.